The molecule has 0 radical (unpaired) electrons. The van der Waals surface area contributed by atoms with Gasteiger partial charge in [-0.1, -0.05) is 66.7 Å². The monoisotopic (exact) mass is 503 g/mol. The molecule has 5 aromatic rings. The maximum Gasteiger partial charge on any atom is 0.309 e. The molecule has 1 unspecified atom stereocenters. The second-order valence-electron chi connectivity index (χ2n) is 9.70. The van der Waals surface area contributed by atoms with E-state index >= 15 is 0 Å². The minimum Gasteiger partial charge on any atom is -0.461 e. The predicted octanol–water partition coefficient (Wildman–Crippen LogP) is 6.98. The van der Waals surface area contributed by atoms with E-state index in [-0.39, 0.29) is 30.2 Å². The van der Waals surface area contributed by atoms with Crippen molar-refractivity contribution in [3.05, 3.63) is 131 Å². The first-order chi connectivity index (χ1) is 18.6. The van der Waals surface area contributed by atoms with Crippen LogP contribution in [-0.4, -0.2) is 16.4 Å². The molecule has 0 N–H and O–H groups in total. The zero-order chi connectivity index (χ0) is 26.1. The van der Waals surface area contributed by atoms with Gasteiger partial charge in [0, 0.05) is 16.6 Å². The summed E-state index contributed by atoms with van der Waals surface area (Å²) in [7, 11) is 0. The van der Waals surface area contributed by atoms with Crippen LogP contribution < -0.4 is 0 Å². The van der Waals surface area contributed by atoms with Crippen molar-refractivity contribution in [3.8, 4) is 11.1 Å². The molecule has 1 atom stereocenters. The van der Waals surface area contributed by atoms with E-state index in [4.69, 9.17) is 4.74 Å². The molecule has 1 aliphatic carbocycles. The van der Waals surface area contributed by atoms with Crippen molar-refractivity contribution < 1.29 is 18.7 Å². The van der Waals surface area contributed by atoms with Crippen molar-refractivity contribution >= 4 is 22.8 Å². The number of aromatic nitrogens is 1. The molecule has 1 aliphatic rings. The largest absolute Gasteiger partial charge is 0.461 e. The Morgan fingerprint density at radius 2 is 1.53 bits per heavy atom. The summed E-state index contributed by atoms with van der Waals surface area (Å²) in [5, 5.41) is 0.937. The lowest BCUT2D eigenvalue weighted by Crippen LogP contribution is -2.26. The maximum absolute atomic E-state index is 13.7. The summed E-state index contributed by atoms with van der Waals surface area (Å²) < 4.78 is 21.0. The Labute approximate surface area is 220 Å². The first-order valence-corrected chi connectivity index (χ1v) is 12.8. The second-order valence-corrected chi connectivity index (χ2v) is 9.70. The molecule has 0 saturated heterocycles. The van der Waals surface area contributed by atoms with Crippen LogP contribution in [0.5, 0.6) is 0 Å². The fraction of sp³-hybridized carbons (Fsp3) is 0.152. The Hall–Kier alpha value is -4.51. The Bertz CT molecular complexity index is 1620. The molecule has 0 saturated carbocycles. The number of hydrogen-bond donors (Lipinski definition) is 0. The summed E-state index contributed by atoms with van der Waals surface area (Å²) in [5.74, 6) is -0.879. The van der Waals surface area contributed by atoms with Crippen LogP contribution in [0, 0.1) is 11.7 Å². The summed E-state index contributed by atoms with van der Waals surface area (Å²) in [5.41, 5.74) is 6.13. The Kier molecular flexibility index (Phi) is 6.34. The molecule has 1 aromatic heterocycles. The molecule has 0 fully saturated rings. The number of carbonyl (C=O) groups excluding carboxylic acids is 2. The van der Waals surface area contributed by atoms with Gasteiger partial charge in [-0.15, -0.1) is 0 Å². The first kappa shape index (κ1) is 23.9. The molecule has 0 spiro atoms. The SMILES string of the molecule is O=C(OCc1ccccc1)C1CCc2c(c3cc(-c4ccc(F)cc4)ccc3n2C(=O)c2ccccc2)C1. The number of fused-ring (bicyclic) bond motifs is 3. The smallest absolute Gasteiger partial charge is 0.309 e. The standard InChI is InChI=1S/C33H26FNO3/c34-27-15-11-23(12-16-27)25-13-17-30-28(19-25)29-20-26(33(37)38-21-22-7-3-1-4-8-22)14-18-31(29)35(30)32(36)24-9-5-2-6-10-24/h1-13,15-17,19,26H,14,18,20-21H2. The van der Waals surface area contributed by atoms with Crippen LogP contribution in [-0.2, 0) is 29.0 Å². The van der Waals surface area contributed by atoms with Gasteiger partial charge >= 0.3 is 5.97 Å². The number of rotatable bonds is 5. The summed E-state index contributed by atoms with van der Waals surface area (Å²) in [6.07, 6.45) is 1.71. The first-order valence-electron chi connectivity index (χ1n) is 12.8. The fourth-order valence-electron chi connectivity index (χ4n) is 5.37. The highest BCUT2D eigenvalue weighted by atomic mass is 19.1. The lowest BCUT2D eigenvalue weighted by molar-refractivity contribution is -0.150. The van der Waals surface area contributed by atoms with Gasteiger partial charge in [-0.05, 0) is 77.9 Å². The lowest BCUT2D eigenvalue weighted by Gasteiger charge is -2.22. The van der Waals surface area contributed by atoms with Crippen LogP contribution in [0.15, 0.2) is 103 Å². The van der Waals surface area contributed by atoms with Crippen molar-refractivity contribution in [2.24, 2.45) is 5.92 Å². The van der Waals surface area contributed by atoms with Crippen LogP contribution in [0.25, 0.3) is 22.0 Å². The van der Waals surface area contributed by atoms with E-state index < -0.39 is 0 Å². The molecular weight excluding hydrogens is 477 g/mol. The second kappa shape index (κ2) is 10.1. The molecule has 1 heterocycles. The Morgan fingerprint density at radius 3 is 2.26 bits per heavy atom. The number of hydrogen-bond acceptors (Lipinski definition) is 3. The van der Waals surface area contributed by atoms with E-state index in [1.54, 1.807) is 16.7 Å². The van der Waals surface area contributed by atoms with E-state index in [1.165, 1.54) is 12.1 Å². The van der Waals surface area contributed by atoms with Crippen LogP contribution in [0.3, 0.4) is 0 Å². The van der Waals surface area contributed by atoms with Gasteiger partial charge in [-0.2, -0.15) is 0 Å². The van der Waals surface area contributed by atoms with Crippen molar-refractivity contribution in [2.75, 3.05) is 0 Å². The highest BCUT2D eigenvalue weighted by molar-refractivity contribution is 6.05. The average molecular weight is 504 g/mol. The Morgan fingerprint density at radius 1 is 0.842 bits per heavy atom. The predicted molar refractivity (Wildman–Crippen MR) is 145 cm³/mol. The molecular formula is C33H26FNO3. The molecule has 4 nitrogen and oxygen atoms in total. The highest BCUT2D eigenvalue weighted by Crippen LogP contribution is 2.37. The number of halogens is 1. The summed E-state index contributed by atoms with van der Waals surface area (Å²) in [6.45, 7) is 0.242. The molecule has 0 bridgehead atoms. The highest BCUT2D eigenvalue weighted by Gasteiger charge is 2.32. The van der Waals surface area contributed by atoms with E-state index in [2.05, 4.69) is 0 Å². The van der Waals surface area contributed by atoms with Gasteiger partial charge in [0.15, 0.2) is 0 Å². The van der Waals surface area contributed by atoms with Crippen LogP contribution in [0.1, 0.15) is 33.6 Å². The summed E-state index contributed by atoms with van der Waals surface area (Å²) >= 11 is 0. The van der Waals surface area contributed by atoms with Gasteiger partial charge in [-0.25, -0.2) is 4.39 Å². The van der Waals surface area contributed by atoms with E-state index in [9.17, 15) is 14.0 Å². The zero-order valence-electron chi connectivity index (χ0n) is 20.8. The van der Waals surface area contributed by atoms with Crippen LogP contribution in [0.2, 0.25) is 0 Å². The number of nitrogens with zero attached hydrogens (tertiary/aromatic N) is 1. The molecule has 188 valence electrons. The third-order valence-corrected chi connectivity index (χ3v) is 7.32. The van der Waals surface area contributed by atoms with E-state index in [1.807, 2.05) is 78.9 Å². The molecule has 0 aliphatic heterocycles. The third kappa shape index (κ3) is 4.52. The number of ether oxygens (including phenoxy) is 1. The molecule has 0 amide bonds. The lowest BCUT2D eigenvalue weighted by atomic mass is 9.86. The van der Waals surface area contributed by atoms with Crippen molar-refractivity contribution in [1.29, 1.82) is 0 Å². The van der Waals surface area contributed by atoms with Crippen molar-refractivity contribution in [1.82, 2.24) is 4.57 Å². The van der Waals surface area contributed by atoms with E-state index in [0.717, 1.165) is 38.9 Å². The normalized spacial score (nSPS) is 14.7. The van der Waals surface area contributed by atoms with Gasteiger partial charge in [0.05, 0.1) is 11.4 Å². The van der Waals surface area contributed by atoms with Gasteiger partial charge in [0.2, 0.25) is 0 Å². The van der Waals surface area contributed by atoms with Gasteiger partial charge in [0.1, 0.15) is 12.4 Å². The molecule has 4 aromatic carbocycles. The third-order valence-electron chi connectivity index (χ3n) is 7.32. The van der Waals surface area contributed by atoms with Gasteiger partial charge in [0.25, 0.3) is 5.91 Å². The van der Waals surface area contributed by atoms with E-state index in [0.29, 0.717) is 24.8 Å². The molecule has 6 rings (SSSR count). The molecule has 5 heteroatoms. The zero-order valence-corrected chi connectivity index (χ0v) is 20.8. The van der Waals surface area contributed by atoms with Crippen LogP contribution in [0.4, 0.5) is 4.39 Å². The quantitative estimate of drug-likeness (QED) is 0.243. The fourth-order valence-corrected chi connectivity index (χ4v) is 5.37. The average Bonchev–Trinajstić information content (AvgIpc) is 3.30. The number of esters is 1. The maximum atomic E-state index is 13.7. The van der Waals surface area contributed by atoms with Crippen molar-refractivity contribution in [2.45, 2.75) is 25.9 Å². The summed E-state index contributed by atoms with van der Waals surface area (Å²) in [6, 6.07) is 31.2. The van der Waals surface area contributed by atoms with Gasteiger partial charge < -0.3 is 4.74 Å². The topological polar surface area (TPSA) is 48.3 Å². The molecule has 38 heavy (non-hydrogen) atoms. The minimum atomic E-state index is -0.288. The van der Waals surface area contributed by atoms with Crippen LogP contribution >= 0.6 is 0 Å². The van der Waals surface area contributed by atoms with Crippen molar-refractivity contribution in [3.63, 3.8) is 0 Å². The minimum absolute atomic E-state index is 0.0866. The number of benzene rings is 4. The van der Waals surface area contributed by atoms with Gasteiger partial charge in [-0.3, -0.25) is 14.2 Å². The Balaban J connectivity index is 1.39. The number of carbonyl (C=O) groups is 2. The summed E-state index contributed by atoms with van der Waals surface area (Å²) in [4.78, 5) is 26.8.